The average molecular weight is 368 g/mol. The van der Waals surface area contributed by atoms with Gasteiger partial charge in [0.05, 0.1) is 5.02 Å². The summed E-state index contributed by atoms with van der Waals surface area (Å²) in [6, 6.07) is 6.46. The minimum absolute atomic E-state index is 0. The second-order valence-electron chi connectivity index (χ2n) is 5.25. The molecule has 0 amide bonds. The lowest BCUT2D eigenvalue weighted by atomic mass is 9.92. The highest BCUT2D eigenvalue weighted by molar-refractivity contribution is 9.10. The van der Waals surface area contributed by atoms with Crippen LogP contribution in [0.25, 0.3) is 0 Å². The Kier molecular flexibility index (Phi) is 7.12. The molecule has 1 saturated heterocycles. The molecule has 2 nitrogen and oxygen atoms in total. The summed E-state index contributed by atoms with van der Waals surface area (Å²) in [6.07, 6.45) is 2.51. The van der Waals surface area contributed by atoms with E-state index in [-0.39, 0.29) is 12.4 Å². The molecule has 2 rings (SSSR count). The molecule has 19 heavy (non-hydrogen) atoms. The molecule has 0 radical (unpaired) electrons. The maximum Gasteiger partial charge on any atom is 0.0548 e. The Hall–Kier alpha value is 0.200. The molecule has 0 aliphatic carbocycles. The van der Waals surface area contributed by atoms with Gasteiger partial charge in [0.2, 0.25) is 0 Å². The highest BCUT2D eigenvalue weighted by Crippen LogP contribution is 2.25. The number of likely N-dealkylation sites (tertiary alicyclic amines) is 1. The minimum atomic E-state index is 0. The van der Waals surface area contributed by atoms with Gasteiger partial charge in [-0.15, -0.1) is 12.4 Å². The Labute approximate surface area is 135 Å². The summed E-state index contributed by atoms with van der Waals surface area (Å²) in [5.41, 5.74) is 7.32. The van der Waals surface area contributed by atoms with Crippen molar-refractivity contribution in [3.05, 3.63) is 33.3 Å². The molecule has 0 aromatic heterocycles. The maximum atomic E-state index is 6.02. The molecule has 0 bridgehead atoms. The number of rotatable bonds is 3. The van der Waals surface area contributed by atoms with E-state index < -0.39 is 0 Å². The zero-order valence-electron chi connectivity index (χ0n) is 11.1. The second-order valence-corrected chi connectivity index (χ2v) is 6.51. The first-order valence-corrected chi connectivity index (χ1v) is 7.65. The van der Waals surface area contributed by atoms with E-state index in [2.05, 4.69) is 39.9 Å². The quantitative estimate of drug-likeness (QED) is 0.871. The molecule has 1 fully saturated rings. The van der Waals surface area contributed by atoms with Crippen molar-refractivity contribution in [3.63, 3.8) is 0 Å². The highest BCUT2D eigenvalue weighted by atomic mass is 79.9. The van der Waals surface area contributed by atoms with Gasteiger partial charge in [0.1, 0.15) is 0 Å². The van der Waals surface area contributed by atoms with Gasteiger partial charge in [0.25, 0.3) is 0 Å². The molecule has 2 unspecified atom stereocenters. The molecular weight excluding hydrogens is 347 g/mol. The molecule has 2 atom stereocenters. The van der Waals surface area contributed by atoms with Crippen LogP contribution in [-0.4, -0.2) is 24.0 Å². The predicted octanol–water partition coefficient (Wildman–Crippen LogP) is 4.08. The third-order valence-corrected chi connectivity index (χ3v) is 4.89. The van der Waals surface area contributed by atoms with Crippen molar-refractivity contribution >= 4 is 39.9 Å². The van der Waals surface area contributed by atoms with Gasteiger partial charge >= 0.3 is 0 Å². The van der Waals surface area contributed by atoms with Gasteiger partial charge in [-0.2, -0.15) is 0 Å². The first-order valence-electron chi connectivity index (χ1n) is 6.48. The zero-order valence-corrected chi connectivity index (χ0v) is 14.3. The average Bonchev–Trinajstić information content (AvgIpc) is 2.34. The van der Waals surface area contributed by atoms with Crippen LogP contribution in [0.5, 0.6) is 0 Å². The van der Waals surface area contributed by atoms with Crippen LogP contribution in [0.3, 0.4) is 0 Å². The molecule has 1 heterocycles. The van der Waals surface area contributed by atoms with Crippen LogP contribution in [0.15, 0.2) is 22.7 Å². The van der Waals surface area contributed by atoms with E-state index in [9.17, 15) is 0 Å². The van der Waals surface area contributed by atoms with Crippen molar-refractivity contribution in [2.45, 2.75) is 32.4 Å². The van der Waals surface area contributed by atoms with Crippen LogP contribution in [0.4, 0.5) is 0 Å². The summed E-state index contributed by atoms with van der Waals surface area (Å²) in [7, 11) is 0. The van der Waals surface area contributed by atoms with E-state index in [1.54, 1.807) is 0 Å². The SMILES string of the molecule is CC(N)C1CCCN(Cc2ccc(Cl)c(Br)c2)C1.Cl. The number of benzene rings is 1. The van der Waals surface area contributed by atoms with Gasteiger partial charge in [-0.05, 0) is 65.9 Å². The first-order chi connectivity index (χ1) is 8.56. The van der Waals surface area contributed by atoms with Crippen LogP contribution >= 0.6 is 39.9 Å². The molecule has 1 aromatic rings. The lowest BCUT2D eigenvalue weighted by molar-refractivity contribution is 0.154. The number of hydrogen-bond acceptors (Lipinski definition) is 2. The standard InChI is InChI=1S/C14H20BrClN2.ClH/c1-10(17)12-3-2-6-18(9-12)8-11-4-5-14(16)13(15)7-11;/h4-5,7,10,12H,2-3,6,8-9,17H2,1H3;1H. The number of hydrogen-bond donors (Lipinski definition) is 1. The van der Waals surface area contributed by atoms with Crippen molar-refractivity contribution in [2.75, 3.05) is 13.1 Å². The van der Waals surface area contributed by atoms with Gasteiger partial charge in [0, 0.05) is 23.6 Å². The molecule has 1 aliphatic heterocycles. The lowest BCUT2D eigenvalue weighted by Gasteiger charge is -2.34. The Morgan fingerprint density at radius 3 is 2.89 bits per heavy atom. The Morgan fingerprint density at radius 2 is 2.26 bits per heavy atom. The zero-order chi connectivity index (χ0) is 13.1. The summed E-state index contributed by atoms with van der Waals surface area (Å²) in [5, 5.41) is 0.769. The van der Waals surface area contributed by atoms with Crippen LogP contribution in [0.1, 0.15) is 25.3 Å². The van der Waals surface area contributed by atoms with Gasteiger partial charge in [-0.3, -0.25) is 4.90 Å². The fraction of sp³-hybridized carbons (Fsp3) is 0.571. The number of piperidine rings is 1. The summed E-state index contributed by atoms with van der Waals surface area (Å²) in [5.74, 6) is 0.634. The van der Waals surface area contributed by atoms with Crippen molar-refractivity contribution in [1.29, 1.82) is 0 Å². The van der Waals surface area contributed by atoms with Crippen LogP contribution in [0, 0.1) is 5.92 Å². The smallest absolute Gasteiger partial charge is 0.0548 e. The first kappa shape index (κ1) is 17.3. The summed E-state index contributed by atoms with van der Waals surface area (Å²) in [4.78, 5) is 2.49. The topological polar surface area (TPSA) is 29.3 Å². The van der Waals surface area contributed by atoms with Gasteiger partial charge in [-0.1, -0.05) is 17.7 Å². The van der Waals surface area contributed by atoms with Gasteiger partial charge in [0.15, 0.2) is 0 Å². The number of nitrogens with two attached hydrogens (primary N) is 1. The Morgan fingerprint density at radius 1 is 1.53 bits per heavy atom. The van der Waals surface area contributed by atoms with Gasteiger partial charge in [-0.25, -0.2) is 0 Å². The Balaban J connectivity index is 0.00000180. The highest BCUT2D eigenvalue weighted by Gasteiger charge is 2.22. The lowest BCUT2D eigenvalue weighted by Crippen LogP contribution is -2.41. The van der Waals surface area contributed by atoms with Gasteiger partial charge < -0.3 is 5.73 Å². The van der Waals surface area contributed by atoms with E-state index in [0.717, 1.165) is 22.6 Å². The minimum Gasteiger partial charge on any atom is -0.328 e. The fourth-order valence-electron chi connectivity index (χ4n) is 2.56. The summed E-state index contributed by atoms with van der Waals surface area (Å²) in [6.45, 7) is 5.38. The summed E-state index contributed by atoms with van der Waals surface area (Å²) >= 11 is 9.49. The molecule has 0 saturated carbocycles. The van der Waals surface area contributed by atoms with E-state index in [0.29, 0.717) is 12.0 Å². The molecule has 108 valence electrons. The van der Waals surface area contributed by atoms with E-state index in [1.165, 1.54) is 24.9 Å². The normalized spacial score (nSPS) is 21.8. The van der Waals surface area contributed by atoms with E-state index in [1.807, 2.05) is 6.07 Å². The monoisotopic (exact) mass is 366 g/mol. The largest absolute Gasteiger partial charge is 0.328 e. The van der Waals surface area contributed by atoms with Crippen molar-refractivity contribution in [2.24, 2.45) is 11.7 Å². The third kappa shape index (κ3) is 4.91. The fourth-order valence-corrected chi connectivity index (χ4v) is 3.10. The molecule has 0 spiro atoms. The van der Waals surface area contributed by atoms with Crippen LogP contribution in [-0.2, 0) is 6.54 Å². The van der Waals surface area contributed by atoms with E-state index >= 15 is 0 Å². The molecule has 1 aliphatic rings. The molecule has 1 aromatic carbocycles. The number of halogens is 3. The molecular formula is C14H21BrCl2N2. The van der Waals surface area contributed by atoms with Crippen LogP contribution in [0.2, 0.25) is 5.02 Å². The summed E-state index contributed by atoms with van der Waals surface area (Å²) < 4.78 is 0.974. The maximum absolute atomic E-state index is 6.02. The van der Waals surface area contributed by atoms with E-state index in [4.69, 9.17) is 17.3 Å². The predicted molar refractivity (Wildman–Crippen MR) is 88.1 cm³/mol. The number of nitrogens with zero attached hydrogens (tertiary/aromatic N) is 1. The Bertz CT molecular complexity index is 412. The van der Waals surface area contributed by atoms with Crippen LogP contribution < -0.4 is 5.73 Å². The molecule has 2 N–H and O–H groups in total. The van der Waals surface area contributed by atoms with Crippen molar-refractivity contribution in [1.82, 2.24) is 4.90 Å². The third-order valence-electron chi connectivity index (χ3n) is 3.68. The van der Waals surface area contributed by atoms with Crippen molar-refractivity contribution in [3.8, 4) is 0 Å². The second kappa shape index (κ2) is 7.84. The molecule has 5 heteroatoms. The van der Waals surface area contributed by atoms with Crippen molar-refractivity contribution < 1.29 is 0 Å².